The van der Waals surface area contributed by atoms with Gasteiger partial charge in [0.2, 0.25) is 0 Å². The van der Waals surface area contributed by atoms with Gasteiger partial charge in [-0.1, -0.05) is 6.07 Å². The molecule has 0 spiro atoms. The zero-order chi connectivity index (χ0) is 19.5. The second-order valence-corrected chi connectivity index (χ2v) is 6.66. The molecule has 1 aromatic carbocycles. The van der Waals surface area contributed by atoms with Crippen LogP contribution in [-0.4, -0.2) is 40.8 Å². The molecule has 0 aliphatic carbocycles. The van der Waals surface area contributed by atoms with Crippen molar-refractivity contribution in [3.63, 3.8) is 0 Å². The number of ether oxygens (including phenoxy) is 2. The summed E-state index contributed by atoms with van der Waals surface area (Å²) in [7, 11) is 0. The largest absolute Gasteiger partial charge is 0.480 e. The molecule has 0 saturated heterocycles. The highest BCUT2D eigenvalue weighted by Gasteiger charge is 2.35. The van der Waals surface area contributed by atoms with Crippen LogP contribution in [0, 0.1) is 11.3 Å². The first-order valence-electron chi connectivity index (χ1n) is 7.83. The molecule has 1 aliphatic rings. The number of hydrogen-bond donors (Lipinski definition) is 3. The quantitative estimate of drug-likeness (QED) is 0.741. The lowest BCUT2D eigenvalue weighted by atomic mass is 10.1. The van der Waals surface area contributed by atoms with Crippen molar-refractivity contribution in [2.24, 2.45) is 0 Å². The number of anilines is 1. The fraction of sp³-hybridized carbons (Fsp3) is 0.412. The second kappa shape index (κ2) is 7.31. The molecule has 0 saturated carbocycles. The zero-order valence-electron chi connectivity index (χ0n) is 14.5. The number of carboxylic acid groups (broad SMARTS) is 1. The molecule has 9 heteroatoms. The molecule has 2 amide bonds. The number of rotatable bonds is 4. The minimum atomic E-state index is -1.39. The summed E-state index contributed by atoms with van der Waals surface area (Å²) in [6.45, 7) is 4.93. The number of amides is 2. The molecule has 1 heterocycles. The maximum Gasteiger partial charge on any atom is 0.408 e. The van der Waals surface area contributed by atoms with Gasteiger partial charge in [-0.05, 0) is 32.9 Å². The van der Waals surface area contributed by atoms with Crippen molar-refractivity contribution in [3.8, 4) is 11.8 Å². The van der Waals surface area contributed by atoms with E-state index in [1.807, 2.05) is 6.07 Å². The standard InChI is InChI=1S/C17H19N3O6/c1-17(2,3)26-16(24)19-10(15(22)23)7-12-14(21)20-13-9(8-18)5-4-6-11(13)25-12/h4-6,10,12H,7H2,1-3H3,(H,19,24)(H,20,21)(H,22,23)/t10-,12-/m0/s1. The molecule has 0 aromatic heterocycles. The molecule has 2 rings (SSSR count). The van der Waals surface area contributed by atoms with Gasteiger partial charge in [-0.15, -0.1) is 0 Å². The molecule has 0 bridgehead atoms. The molecule has 0 fully saturated rings. The van der Waals surface area contributed by atoms with Crippen LogP contribution in [0.15, 0.2) is 18.2 Å². The van der Waals surface area contributed by atoms with E-state index in [0.29, 0.717) is 0 Å². The van der Waals surface area contributed by atoms with Gasteiger partial charge in [0.25, 0.3) is 5.91 Å². The number of para-hydroxylation sites is 1. The number of nitrogens with zero attached hydrogens (tertiary/aromatic N) is 1. The van der Waals surface area contributed by atoms with Crippen LogP contribution in [0.4, 0.5) is 10.5 Å². The lowest BCUT2D eigenvalue weighted by molar-refractivity contribution is -0.140. The third-order valence-electron chi connectivity index (χ3n) is 3.40. The summed E-state index contributed by atoms with van der Waals surface area (Å²) in [4.78, 5) is 35.4. The van der Waals surface area contributed by atoms with Crippen LogP contribution in [0.2, 0.25) is 0 Å². The Morgan fingerprint density at radius 2 is 2.15 bits per heavy atom. The molecule has 2 atom stereocenters. The second-order valence-electron chi connectivity index (χ2n) is 6.66. The van der Waals surface area contributed by atoms with Crippen LogP contribution in [0.5, 0.6) is 5.75 Å². The first kappa shape index (κ1) is 19.1. The molecular formula is C17H19N3O6. The fourth-order valence-electron chi connectivity index (χ4n) is 2.30. The molecule has 0 radical (unpaired) electrons. The average molecular weight is 361 g/mol. The predicted molar refractivity (Wildman–Crippen MR) is 89.6 cm³/mol. The van der Waals surface area contributed by atoms with Gasteiger partial charge in [0.05, 0.1) is 5.56 Å². The Balaban J connectivity index is 2.12. The Labute approximate surface area is 149 Å². The highest BCUT2D eigenvalue weighted by Crippen LogP contribution is 2.33. The van der Waals surface area contributed by atoms with Gasteiger partial charge in [-0.3, -0.25) is 4.79 Å². The third-order valence-corrected chi connectivity index (χ3v) is 3.40. The first-order valence-corrected chi connectivity index (χ1v) is 7.83. The van der Waals surface area contributed by atoms with Crippen molar-refractivity contribution in [3.05, 3.63) is 23.8 Å². The van der Waals surface area contributed by atoms with Crippen molar-refractivity contribution < 1.29 is 29.0 Å². The molecule has 1 aliphatic heterocycles. The van der Waals surface area contributed by atoms with Gasteiger partial charge >= 0.3 is 12.1 Å². The third kappa shape index (κ3) is 4.63. The summed E-state index contributed by atoms with van der Waals surface area (Å²) in [6, 6.07) is 5.21. The summed E-state index contributed by atoms with van der Waals surface area (Å²) in [5.41, 5.74) is -0.322. The number of nitriles is 1. The van der Waals surface area contributed by atoms with Crippen molar-refractivity contribution in [2.45, 2.75) is 44.9 Å². The number of benzene rings is 1. The number of hydrogen-bond acceptors (Lipinski definition) is 6. The van der Waals surface area contributed by atoms with Crippen molar-refractivity contribution >= 4 is 23.7 Å². The number of fused-ring (bicyclic) bond motifs is 1. The van der Waals surface area contributed by atoms with E-state index in [0.717, 1.165) is 0 Å². The van der Waals surface area contributed by atoms with Crippen LogP contribution in [0.1, 0.15) is 32.8 Å². The van der Waals surface area contributed by atoms with Crippen LogP contribution in [-0.2, 0) is 14.3 Å². The van der Waals surface area contributed by atoms with Crippen LogP contribution in [0.3, 0.4) is 0 Å². The van der Waals surface area contributed by atoms with Crippen molar-refractivity contribution in [1.82, 2.24) is 5.32 Å². The highest BCUT2D eigenvalue weighted by atomic mass is 16.6. The van der Waals surface area contributed by atoms with Gasteiger partial charge < -0.3 is 25.2 Å². The minimum Gasteiger partial charge on any atom is -0.480 e. The molecule has 26 heavy (non-hydrogen) atoms. The van der Waals surface area contributed by atoms with E-state index in [2.05, 4.69) is 10.6 Å². The molecule has 9 nitrogen and oxygen atoms in total. The van der Waals surface area contributed by atoms with Gasteiger partial charge in [0.1, 0.15) is 29.1 Å². The summed E-state index contributed by atoms with van der Waals surface area (Å²) < 4.78 is 10.6. The van der Waals surface area contributed by atoms with E-state index >= 15 is 0 Å². The van der Waals surface area contributed by atoms with Crippen LogP contribution >= 0.6 is 0 Å². The van der Waals surface area contributed by atoms with Crippen molar-refractivity contribution in [2.75, 3.05) is 5.32 Å². The fourth-order valence-corrected chi connectivity index (χ4v) is 2.30. The highest BCUT2D eigenvalue weighted by molar-refractivity contribution is 5.99. The maximum absolute atomic E-state index is 12.2. The Bertz CT molecular complexity index is 778. The smallest absolute Gasteiger partial charge is 0.408 e. The summed E-state index contributed by atoms with van der Waals surface area (Å²) in [6.07, 6.45) is -2.36. The van der Waals surface area contributed by atoms with Crippen LogP contribution < -0.4 is 15.4 Å². The molecule has 3 N–H and O–H groups in total. The van der Waals surface area contributed by atoms with Crippen molar-refractivity contribution in [1.29, 1.82) is 5.26 Å². The molecule has 0 unspecified atom stereocenters. The van der Waals surface area contributed by atoms with Gasteiger partial charge in [-0.25, -0.2) is 9.59 Å². The normalized spacial score (nSPS) is 17.0. The predicted octanol–water partition coefficient (Wildman–Crippen LogP) is 1.63. The van der Waals surface area contributed by atoms with E-state index in [4.69, 9.17) is 14.7 Å². The number of aliphatic carboxylic acids is 1. The number of carbonyl (C=O) groups excluding carboxylic acids is 2. The van der Waals surface area contributed by atoms with Crippen LogP contribution in [0.25, 0.3) is 0 Å². The Hall–Kier alpha value is -3.28. The van der Waals surface area contributed by atoms with E-state index in [9.17, 15) is 19.5 Å². The summed E-state index contributed by atoms with van der Waals surface area (Å²) in [5, 5.41) is 23.1. The average Bonchev–Trinajstić information content (AvgIpc) is 2.52. The number of nitrogens with one attached hydrogen (secondary N) is 2. The Morgan fingerprint density at radius 1 is 1.46 bits per heavy atom. The van der Waals surface area contributed by atoms with E-state index in [1.54, 1.807) is 32.9 Å². The SMILES string of the molecule is CC(C)(C)OC(=O)N[C@@H](C[C@@H]1Oc2cccc(C#N)c2NC1=O)C(=O)O. The lowest BCUT2D eigenvalue weighted by Crippen LogP contribution is -2.48. The van der Waals surface area contributed by atoms with E-state index < -0.39 is 35.7 Å². The maximum atomic E-state index is 12.2. The van der Waals surface area contributed by atoms with Gasteiger partial charge in [-0.2, -0.15) is 5.26 Å². The number of alkyl carbamates (subject to hydrolysis) is 1. The van der Waals surface area contributed by atoms with Gasteiger partial charge in [0.15, 0.2) is 6.10 Å². The summed E-state index contributed by atoms with van der Waals surface area (Å²) >= 11 is 0. The van der Waals surface area contributed by atoms with E-state index in [-0.39, 0.29) is 23.4 Å². The Kier molecular flexibility index (Phi) is 5.35. The topological polar surface area (TPSA) is 138 Å². The number of carbonyl (C=O) groups is 3. The number of carboxylic acids is 1. The van der Waals surface area contributed by atoms with E-state index in [1.165, 1.54) is 6.07 Å². The van der Waals surface area contributed by atoms with Gasteiger partial charge in [0, 0.05) is 6.42 Å². The molecule has 1 aromatic rings. The molecule has 138 valence electrons. The first-order chi connectivity index (χ1) is 12.1. The minimum absolute atomic E-state index is 0.232. The Morgan fingerprint density at radius 3 is 2.73 bits per heavy atom. The summed E-state index contributed by atoms with van der Waals surface area (Å²) in [5.74, 6) is -1.67. The molecular weight excluding hydrogens is 342 g/mol. The zero-order valence-corrected chi connectivity index (χ0v) is 14.5. The monoisotopic (exact) mass is 361 g/mol. The lowest BCUT2D eigenvalue weighted by Gasteiger charge is -2.28.